The third kappa shape index (κ3) is 1.88. The number of carbonyl (C=O) groups excluding carboxylic acids is 3. The van der Waals surface area contributed by atoms with Crippen LogP contribution in [0.25, 0.3) is 0 Å². The van der Waals surface area contributed by atoms with Gasteiger partial charge in [-0.2, -0.15) is 0 Å². The second-order valence-corrected chi connectivity index (χ2v) is 4.51. The standard InChI is InChI=1S/C13H14N2O3/c1-7(2)15-11-5-4-9(14-8(3)16)6-10(11)12(17)13(15)18/h4-7H,1-3H3,(H,14,16). The smallest absolute Gasteiger partial charge is 0.299 e. The van der Waals surface area contributed by atoms with Crippen molar-refractivity contribution in [2.45, 2.75) is 26.8 Å². The van der Waals surface area contributed by atoms with Crippen LogP contribution in [0, 0.1) is 0 Å². The first-order valence-electron chi connectivity index (χ1n) is 5.71. The summed E-state index contributed by atoms with van der Waals surface area (Å²) in [6.45, 7) is 5.09. The highest BCUT2D eigenvalue weighted by atomic mass is 16.2. The van der Waals surface area contributed by atoms with Gasteiger partial charge in [0.2, 0.25) is 5.91 Å². The molecule has 2 rings (SSSR count). The Labute approximate surface area is 105 Å². The Morgan fingerprint density at radius 3 is 2.50 bits per heavy atom. The number of benzene rings is 1. The second-order valence-electron chi connectivity index (χ2n) is 4.51. The number of anilines is 2. The van der Waals surface area contributed by atoms with Crippen molar-refractivity contribution in [1.82, 2.24) is 0 Å². The molecule has 1 aliphatic heterocycles. The molecule has 0 bridgehead atoms. The molecule has 0 aromatic heterocycles. The van der Waals surface area contributed by atoms with Gasteiger partial charge in [-0.1, -0.05) is 0 Å². The molecule has 0 spiro atoms. The molecule has 0 atom stereocenters. The Morgan fingerprint density at radius 2 is 1.94 bits per heavy atom. The van der Waals surface area contributed by atoms with Crippen LogP contribution in [0.4, 0.5) is 11.4 Å². The molecule has 1 heterocycles. The maximum absolute atomic E-state index is 11.8. The number of nitrogens with zero attached hydrogens (tertiary/aromatic N) is 1. The molecule has 1 aromatic rings. The monoisotopic (exact) mass is 246 g/mol. The Kier molecular flexibility index (Phi) is 2.90. The molecule has 0 saturated heterocycles. The molecule has 2 amide bonds. The van der Waals surface area contributed by atoms with Gasteiger partial charge in [-0.3, -0.25) is 14.4 Å². The van der Waals surface area contributed by atoms with Crippen molar-refractivity contribution in [2.24, 2.45) is 0 Å². The highest BCUT2D eigenvalue weighted by Crippen LogP contribution is 2.32. The fraction of sp³-hybridized carbons (Fsp3) is 0.308. The van der Waals surface area contributed by atoms with Gasteiger partial charge in [-0.05, 0) is 32.0 Å². The van der Waals surface area contributed by atoms with Crippen LogP contribution in [0.3, 0.4) is 0 Å². The number of hydrogen-bond acceptors (Lipinski definition) is 3. The van der Waals surface area contributed by atoms with Crippen molar-refractivity contribution in [3.05, 3.63) is 23.8 Å². The normalized spacial score (nSPS) is 14.1. The highest BCUT2D eigenvalue weighted by Gasteiger charge is 2.37. The number of ketones is 1. The Morgan fingerprint density at radius 1 is 1.28 bits per heavy atom. The fourth-order valence-corrected chi connectivity index (χ4v) is 2.06. The van der Waals surface area contributed by atoms with Gasteiger partial charge in [-0.15, -0.1) is 0 Å². The molecule has 0 radical (unpaired) electrons. The van der Waals surface area contributed by atoms with E-state index in [0.717, 1.165) is 0 Å². The number of carbonyl (C=O) groups is 3. The van der Waals surface area contributed by atoms with Crippen LogP contribution in [0.1, 0.15) is 31.1 Å². The molecule has 0 aliphatic carbocycles. The molecule has 1 aliphatic rings. The molecule has 94 valence electrons. The molecule has 0 unspecified atom stereocenters. The van der Waals surface area contributed by atoms with Gasteiger partial charge in [-0.25, -0.2) is 0 Å². The van der Waals surface area contributed by atoms with Crippen molar-refractivity contribution in [2.75, 3.05) is 10.2 Å². The molecular weight excluding hydrogens is 232 g/mol. The molecular formula is C13H14N2O3. The summed E-state index contributed by atoms with van der Waals surface area (Å²) in [5, 5.41) is 2.59. The third-order valence-corrected chi connectivity index (χ3v) is 2.75. The second kappa shape index (κ2) is 4.25. The molecule has 18 heavy (non-hydrogen) atoms. The number of fused-ring (bicyclic) bond motifs is 1. The van der Waals surface area contributed by atoms with Gasteiger partial charge < -0.3 is 10.2 Å². The van der Waals surface area contributed by atoms with Crippen LogP contribution < -0.4 is 10.2 Å². The van der Waals surface area contributed by atoms with Gasteiger partial charge in [0.15, 0.2) is 0 Å². The van der Waals surface area contributed by atoms with E-state index in [2.05, 4.69) is 5.32 Å². The van der Waals surface area contributed by atoms with E-state index in [1.807, 2.05) is 13.8 Å². The maximum Gasteiger partial charge on any atom is 0.299 e. The molecule has 0 saturated carbocycles. The fourth-order valence-electron chi connectivity index (χ4n) is 2.06. The summed E-state index contributed by atoms with van der Waals surface area (Å²) in [4.78, 5) is 36.1. The SMILES string of the molecule is CC(=O)Nc1ccc2c(c1)C(=O)C(=O)N2C(C)C. The lowest BCUT2D eigenvalue weighted by Gasteiger charge is -2.20. The van der Waals surface area contributed by atoms with Crippen molar-refractivity contribution < 1.29 is 14.4 Å². The van der Waals surface area contributed by atoms with Crippen LogP contribution in [0.2, 0.25) is 0 Å². The van der Waals surface area contributed by atoms with Crippen LogP contribution in [0.15, 0.2) is 18.2 Å². The first kappa shape index (κ1) is 12.3. The van der Waals surface area contributed by atoms with Crippen LogP contribution in [-0.2, 0) is 9.59 Å². The maximum atomic E-state index is 11.8. The summed E-state index contributed by atoms with van der Waals surface area (Å²) in [5.41, 5.74) is 1.47. The summed E-state index contributed by atoms with van der Waals surface area (Å²) in [7, 11) is 0. The lowest BCUT2D eigenvalue weighted by atomic mass is 10.1. The van der Waals surface area contributed by atoms with E-state index < -0.39 is 11.7 Å². The van der Waals surface area contributed by atoms with Crippen LogP contribution in [-0.4, -0.2) is 23.6 Å². The van der Waals surface area contributed by atoms with Crippen molar-refractivity contribution in [3.8, 4) is 0 Å². The topological polar surface area (TPSA) is 66.5 Å². The number of Topliss-reactive ketones (excluding diaryl/α,β-unsaturated/α-hetero) is 1. The molecule has 1 N–H and O–H groups in total. The average molecular weight is 246 g/mol. The first-order chi connectivity index (χ1) is 8.41. The summed E-state index contributed by atoms with van der Waals surface area (Å²) in [6.07, 6.45) is 0. The zero-order valence-electron chi connectivity index (χ0n) is 10.5. The third-order valence-electron chi connectivity index (χ3n) is 2.75. The van der Waals surface area contributed by atoms with Crippen LogP contribution in [0.5, 0.6) is 0 Å². The molecule has 1 aromatic carbocycles. The molecule has 5 heteroatoms. The van der Waals surface area contributed by atoms with E-state index in [1.165, 1.54) is 11.8 Å². The minimum absolute atomic E-state index is 0.0747. The zero-order valence-corrected chi connectivity index (χ0v) is 10.5. The quantitative estimate of drug-likeness (QED) is 0.806. The first-order valence-corrected chi connectivity index (χ1v) is 5.71. The Bertz CT molecular complexity index is 549. The number of hydrogen-bond donors (Lipinski definition) is 1. The van der Waals surface area contributed by atoms with Crippen molar-refractivity contribution in [1.29, 1.82) is 0 Å². The lowest BCUT2D eigenvalue weighted by Crippen LogP contribution is -2.35. The Hall–Kier alpha value is -2.17. The van der Waals surface area contributed by atoms with Gasteiger partial charge in [0.25, 0.3) is 11.7 Å². The van der Waals surface area contributed by atoms with E-state index in [4.69, 9.17) is 0 Å². The molecule has 5 nitrogen and oxygen atoms in total. The number of nitrogens with one attached hydrogen (secondary N) is 1. The minimum atomic E-state index is -0.522. The van der Waals surface area contributed by atoms with Crippen molar-refractivity contribution >= 4 is 29.0 Å². The predicted octanol–water partition coefficient (Wildman–Crippen LogP) is 1.58. The number of rotatable bonds is 2. The number of amides is 2. The predicted molar refractivity (Wildman–Crippen MR) is 67.7 cm³/mol. The van der Waals surface area contributed by atoms with E-state index in [9.17, 15) is 14.4 Å². The average Bonchev–Trinajstić information content (AvgIpc) is 2.51. The zero-order chi connectivity index (χ0) is 13.4. The van der Waals surface area contributed by atoms with E-state index in [-0.39, 0.29) is 11.9 Å². The van der Waals surface area contributed by atoms with Crippen molar-refractivity contribution in [3.63, 3.8) is 0 Å². The van der Waals surface area contributed by atoms with E-state index in [0.29, 0.717) is 16.9 Å². The minimum Gasteiger partial charge on any atom is -0.326 e. The van der Waals surface area contributed by atoms with E-state index >= 15 is 0 Å². The van der Waals surface area contributed by atoms with Crippen LogP contribution >= 0.6 is 0 Å². The largest absolute Gasteiger partial charge is 0.326 e. The van der Waals surface area contributed by atoms with Gasteiger partial charge in [0, 0.05) is 18.7 Å². The summed E-state index contributed by atoms with van der Waals surface area (Å²) >= 11 is 0. The van der Waals surface area contributed by atoms with Gasteiger partial charge in [0.1, 0.15) is 0 Å². The summed E-state index contributed by atoms with van der Waals surface area (Å²) in [5.74, 6) is -1.25. The Balaban J connectivity index is 2.46. The van der Waals surface area contributed by atoms with Gasteiger partial charge in [0.05, 0.1) is 11.3 Å². The van der Waals surface area contributed by atoms with E-state index in [1.54, 1.807) is 18.2 Å². The summed E-state index contributed by atoms with van der Waals surface area (Å²) in [6, 6.07) is 4.83. The highest BCUT2D eigenvalue weighted by molar-refractivity contribution is 6.52. The molecule has 0 fully saturated rings. The summed E-state index contributed by atoms with van der Waals surface area (Å²) < 4.78 is 0. The van der Waals surface area contributed by atoms with Gasteiger partial charge >= 0.3 is 0 Å². The lowest BCUT2D eigenvalue weighted by molar-refractivity contribution is -0.115.